The third kappa shape index (κ3) is 4.43. The van der Waals surface area contributed by atoms with Crippen LogP contribution in [0.2, 0.25) is 0 Å². The van der Waals surface area contributed by atoms with E-state index in [9.17, 15) is 19.5 Å². The number of rotatable bonds is 6. The molecule has 0 saturated heterocycles. The number of carbonyl (C=O) groups is 1. The smallest absolute Gasteiger partial charge is 0.342 e. The van der Waals surface area contributed by atoms with Gasteiger partial charge in [-0.05, 0) is 19.1 Å². The van der Waals surface area contributed by atoms with Gasteiger partial charge in [-0.15, -0.1) is 5.10 Å². The molecule has 25 heavy (non-hydrogen) atoms. The number of hydrogen-bond donors (Lipinski definition) is 5. The highest BCUT2D eigenvalue weighted by molar-refractivity contribution is 5.88. The molecule has 1 heterocycles. The van der Waals surface area contributed by atoms with E-state index in [-0.39, 0.29) is 17.3 Å². The lowest BCUT2D eigenvalue weighted by Gasteiger charge is -2.11. The van der Waals surface area contributed by atoms with Crippen molar-refractivity contribution in [1.82, 2.24) is 20.6 Å². The van der Waals surface area contributed by atoms with Crippen molar-refractivity contribution >= 4 is 17.9 Å². The predicted molar refractivity (Wildman–Crippen MR) is 89.0 cm³/mol. The second-order valence-corrected chi connectivity index (χ2v) is 4.85. The molecule has 2 aromatic rings. The van der Waals surface area contributed by atoms with Gasteiger partial charge in [-0.1, -0.05) is 6.07 Å². The van der Waals surface area contributed by atoms with Gasteiger partial charge in [-0.25, -0.2) is 15.3 Å². The van der Waals surface area contributed by atoms with Crippen molar-refractivity contribution in [3.8, 4) is 11.5 Å². The fourth-order valence-corrected chi connectivity index (χ4v) is 1.79. The molecule has 0 fully saturated rings. The van der Waals surface area contributed by atoms with Gasteiger partial charge in [-0.3, -0.25) is 14.6 Å². The Morgan fingerprint density at radius 1 is 1.44 bits per heavy atom. The molecule has 2 rings (SSSR count). The van der Waals surface area contributed by atoms with Crippen molar-refractivity contribution in [2.24, 2.45) is 5.10 Å². The van der Waals surface area contributed by atoms with E-state index in [0.717, 1.165) is 0 Å². The third-order valence-electron chi connectivity index (χ3n) is 3.09. The zero-order valence-corrected chi connectivity index (χ0v) is 13.4. The first-order valence-electron chi connectivity index (χ1n) is 7.06. The number of amides is 1. The number of benzene rings is 1. The van der Waals surface area contributed by atoms with Crippen molar-refractivity contribution in [1.29, 1.82) is 0 Å². The van der Waals surface area contributed by atoms with Crippen LogP contribution in [0.4, 0.5) is 5.82 Å². The maximum atomic E-state index is 11.9. The highest BCUT2D eigenvalue weighted by Gasteiger charge is 2.14. The monoisotopic (exact) mass is 348 g/mol. The summed E-state index contributed by atoms with van der Waals surface area (Å²) in [6, 6.07) is 3.95. The summed E-state index contributed by atoms with van der Waals surface area (Å²) < 4.78 is 4.96. The summed E-state index contributed by atoms with van der Waals surface area (Å²) in [4.78, 5) is 36.3. The number of para-hydroxylation sites is 1. The minimum Gasteiger partial charge on any atom is -0.504 e. The normalized spacial score (nSPS) is 11.9. The predicted octanol–water partition coefficient (Wildman–Crippen LogP) is -0.877. The van der Waals surface area contributed by atoms with Gasteiger partial charge < -0.3 is 15.2 Å². The second kappa shape index (κ2) is 7.77. The molecule has 1 aromatic heterocycles. The van der Waals surface area contributed by atoms with E-state index in [4.69, 9.17) is 4.74 Å². The zero-order valence-electron chi connectivity index (χ0n) is 13.4. The number of phenolic OH excluding ortho intramolecular Hbond substituents is 1. The number of nitrogens with one attached hydrogen (secondary N) is 4. The number of phenols is 1. The lowest BCUT2D eigenvalue weighted by molar-refractivity contribution is -0.121. The summed E-state index contributed by atoms with van der Waals surface area (Å²) in [5.74, 6) is -0.616. The lowest BCUT2D eigenvalue weighted by Crippen LogP contribution is -2.38. The summed E-state index contributed by atoms with van der Waals surface area (Å²) in [7, 11) is 1.41. The number of carbonyl (C=O) groups excluding carboxylic acids is 1. The molecule has 11 heteroatoms. The Bertz CT molecular complexity index is 903. The Morgan fingerprint density at radius 2 is 2.20 bits per heavy atom. The maximum absolute atomic E-state index is 11.9. The molecule has 0 aliphatic carbocycles. The van der Waals surface area contributed by atoms with Crippen molar-refractivity contribution < 1.29 is 14.6 Å². The molecule has 0 spiro atoms. The molecular formula is C14H16N6O5. The molecular weight excluding hydrogens is 332 g/mol. The Kier molecular flexibility index (Phi) is 5.50. The van der Waals surface area contributed by atoms with Crippen LogP contribution in [0.25, 0.3) is 0 Å². The second-order valence-electron chi connectivity index (χ2n) is 4.85. The number of hydrogen-bond acceptors (Lipinski definition) is 8. The SMILES string of the molecule is COc1cccc(/C=N\NC(=O)[C@@H](C)Nc2n[nH]c(=O)[nH]c2=O)c1O. The fraction of sp³-hybridized carbons (Fsp3) is 0.214. The van der Waals surface area contributed by atoms with E-state index in [1.165, 1.54) is 20.2 Å². The maximum Gasteiger partial charge on any atom is 0.342 e. The molecule has 1 aromatic carbocycles. The van der Waals surface area contributed by atoms with Crippen LogP contribution in [0.1, 0.15) is 12.5 Å². The van der Waals surface area contributed by atoms with Crippen LogP contribution >= 0.6 is 0 Å². The van der Waals surface area contributed by atoms with Crippen molar-refractivity contribution in [3.05, 3.63) is 44.6 Å². The highest BCUT2D eigenvalue weighted by atomic mass is 16.5. The van der Waals surface area contributed by atoms with Gasteiger partial charge in [0, 0.05) is 5.56 Å². The molecule has 11 nitrogen and oxygen atoms in total. The number of anilines is 1. The van der Waals surface area contributed by atoms with Gasteiger partial charge in [0.05, 0.1) is 13.3 Å². The van der Waals surface area contributed by atoms with Crippen LogP contribution in [0.5, 0.6) is 11.5 Å². The summed E-state index contributed by atoms with van der Waals surface area (Å²) in [6.07, 6.45) is 1.24. The quantitative estimate of drug-likeness (QED) is 0.334. The van der Waals surface area contributed by atoms with Crippen LogP contribution in [0, 0.1) is 0 Å². The molecule has 0 bridgehead atoms. The van der Waals surface area contributed by atoms with E-state index < -0.39 is 23.2 Å². The first-order valence-corrected chi connectivity index (χ1v) is 7.06. The molecule has 0 radical (unpaired) electrons. The van der Waals surface area contributed by atoms with Gasteiger partial charge >= 0.3 is 5.69 Å². The van der Waals surface area contributed by atoms with E-state index in [2.05, 4.69) is 20.9 Å². The van der Waals surface area contributed by atoms with Crippen molar-refractivity contribution in [3.63, 3.8) is 0 Å². The Labute approximate surface area is 140 Å². The molecule has 0 saturated carbocycles. The number of hydrazone groups is 1. The van der Waals surface area contributed by atoms with Crippen LogP contribution in [0.15, 0.2) is 32.9 Å². The molecule has 0 aliphatic rings. The number of aromatic hydroxyl groups is 1. The summed E-state index contributed by atoms with van der Waals surface area (Å²) in [5.41, 5.74) is 1.09. The number of H-pyrrole nitrogens is 2. The largest absolute Gasteiger partial charge is 0.504 e. The third-order valence-corrected chi connectivity index (χ3v) is 3.09. The number of nitrogens with zero attached hydrogens (tertiary/aromatic N) is 2. The standard InChI is InChI=1S/C14H16N6O5/c1-7(16-11-13(23)17-14(24)20-18-11)12(22)19-15-6-8-4-3-5-9(25-2)10(8)21/h3-7,21H,1-2H3,(H,16,18)(H,19,22)(H2,17,20,23,24)/b15-6-/t7-/m1/s1. The number of methoxy groups -OCH3 is 1. The van der Waals surface area contributed by atoms with Gasteiger partial charge in [0.1, 0.15) is 6.04 Å². The molecule has 132 valence electrons. The molecule has 1 atom stereocenters. The van der Waals surface area contributed by atoms with E-state index >= 15 is 0 Å². The van der Waals surface area contributed by atoms with Gasteiger partial charge in [-0.2, -0.15) is 5.10 Å². The van der Waals surface area contributed by atoms with E-state index in [1.54, 1.807) is 18.2 Å². The molecule has 0 aliphatic heterocycles. The summed E-state index contributed by atoms with van der Waals surface area (Å²) >= 11 is 0. The van der Waals surface area contributed by atoms with Crippen molar-refractivity contribution in [2.45, 2.75) is 13.0 Å². The van der Waals surface area contributed by atoms with Crippen LogP contribution < -0.4 is 26.7 Å². The fourth-order valence-electron chi connectivity index (χ4n) is 1.79. The topological polar surface area (TPSA) is 162 Å². The van der Waals surface area contributed by atoms with Crippen LogP contribution in [-0.2, 0) is 4.79 Å². The van der Waals surface area contributed by atoms with Gasteiger partial charge in [0.25, 0.3) is 11.5 Å². The Hall–Kier alpha value is -3.63. The molecule has 5 N–H and O–H groups in total. The number of aromatic amines is 2. The lowest BCUT2D eigenvalue weighted by atomic mass is 10.2. The van der Waals surface area contributed by atoms with Crippen LogP contribution in [0.3, 0.4) is 0 Å². The van der Waals surface area contributed by atoms with Crippen LogP contribution in [-0.4, -0.2) is 45.6 Å². The average Bonchev–Trinajstić information content (AvgIpc) is 2.58. The van der Waals surface area contributed by atoms with Crippen molar-refractivity contribution in [2.75, 3.05) is 12.4 Å². The Morgan fingerprint density at radius 3 is 2.88 bits per heavy atom. The number of ether oxygens (including phenoxy) is 1. The van der Waals surface area contributed by atoms with E-state index in [0.29, 0.717) is 5.56 Å². The van der Waals surface area contributed by atoms with Gasteiger partial charge in [0.15, 0.2) is 11.5 Å². The first-order chi connectivity index (χ1) is 11.9. The Balaban J connectivity index is 1.99. The summed E-state index contributed by atoms with van der Waals surface area (Å²) in [5, 5.41) is 21.7. The minimum absolute atomic E-state index is 0.113. The zero-order chi connectivity index (χ0) is 18.4. The van der Waals surface area contributed by atoms with Gasteiger partial charge in [0.2, 0.25) is 5.82 Å². The van der Waals surface area contributed by atoms with E-state index in [1.807, 2.05) is 10.1 Å². The number of aromatic nitrogens is 3. The first kappa shape index (κ1) is 17.7. The minimum atomic E-state index is -0.865. The molecule has 0 unspecified atom stereocenters. The average molecular weight is 348 g/mol. The highest BCUT2D eigenvalue weighted by Crippen LogP contribution is 2.27. The summed E-state index contributed by atoms with van der Waals surface area (Å²) in [6.45, 7) is 1.47. The molecule has 1 amide bonds.